The Kier molecular flexibility index (Phi) is 5.03. The van der Waals surface area contributed by atoms with E-state index in [9.17, 15) is 19.2 Å². The fraction of sp³-hybridized carbons (Fsp3) is 0.520. The van der Waals surface area contributed by atoms with Gasteiger partial charge >= 0.3 is 5.97 Å². The Balaban J connectivity index is 1.13. The van der Waals surface area contributed by atoms with Crippen LogP contribution in [0.25, 0.3) is 0 Å². The average Bonchev–Trinajstić information content (AvgIpc) is 3.46. The van der Waals surface area contributed by atoms with Gasteiger partial charge in [0.25, 0.3) is 0 Å². The number of ketones is 1. The van der Waals surface area contributed by atoms with Gasteiger partial charge in [0.05, 0.1) is 17.8 Å². The molecule has 1 aliphatic heterocycles. The van der Waals surface area contributed by atoms with Gasteiger partial charge < -0.3 is 4.74 Å². The van der Waals surface area contributed by atoms with Crippen LogP contribution < -0.4 is 0 Å². The number of benzene rings is 1. The van der Waals surface area contributed by atoms with Crippen LogP contribution in [0.3, 0.4) is 0 Å². The molecule has 1 aromatic rings. The summed E-state index contributed by atoms with van der Waals surface area (Å²) in [4.78, 5) is 52.2. The second-order valence-electron chi connectivity index (χ2n) is 9.45. The summed E-state index contributed by atoms with van der Waals surface area (Å²) in [5, 5.41) is 0. The van der Waals surface area contributed by atoms with Crippen molar-refractivity contribution in [3.8, 4) is 0 Å². The van der Waals surface area contributed by atoms with Crippen molar-refractivity contribution in [1.82, 2.24) is 4.90 Å². The van der Waals surface area contributed by atoms with Crippen molar-refractivity contribution in [1.29, 1.82) is 0 Å². The molecule has 4 atom stereocenters. The Hall–Kier alpha value is -2.76. The van der Waals surface area contributed by atoms with Crippen molar-refractivity contribution in [2.45, 2.75) is 45.1 Å². The third-order valence-corrected chi connectivity index (χ3v) is 7.62. The lowest BCUT2D eigenvalue weighted by Crippen LogP contribution is -2.44. The molecular weight excluding hydrogens is 394 g/mol. The molecule has 1 heterocycles. The maximum absolute atomic E-state index is 13.0. The first-order valence-corrected chi connectivity index (χ1v) is 11.3. The number of hydrogen-bond acceptors (Lipinski definition) is 5. The van der Waals surface area contributed by atoms with Gasteiger partial charge in [0, 0.05) is 11.6 Å². The molecule has 0 aromatic heterocycles. The number of esters is 1. The molecule has 1 aromatic carbocycles. The number of allylic oxidation sites excluding steroid dienone is 2. The number of Topliss-reactive ketones (excluding diaryl/α,β-unsaturated/α-hetero) is 1. The number of likely N-dealkylation sites (tertiary alicyclic amines) is 1. The van der Waals surface area contributed by atoms with Crippen LogP contribution in [0.15, 0.2) is 36.4 Å². The van der Waals surface area contributed by atoms with Crippen LogP contribution in [-0.2, 0) is 19.1 Å². The van der Waals surface area contributed by atoms with Crippen molar-refractivity contribution in [3.63, 3.8) is 0 Å². The molecule has 4 aliphatic rings. The van der Waals surface area contributed by atoms with E-state index in [-0.39, 0.29) is 65.8 Å². The highest BCUT2D eigenvalue weighted by Gasteiger charge is 2.60. The Morgan fingerprint density at radius 3 is 2.10 bits per heavy atom. The third kappa shape index (κ3) is 3.42. The molecule has 2 saturated carbocycles. The summed E-state index contributed by atoms with van der Waals surface area (Å²) in [6, 6.07) is 7.05. The molecule has 31 heavy (non-hydrogen) atoms. The summed E-state index contributed by atoms with van der Waals surface area (Å²) in [5.41, 5.74) is 1.59. The Morgan fingerprint density at radius 2 is 1.52 bits per heavy atom. The van der Waals surface area contributed by atoms with E-state index in [4.69, 9.17) is 4.74 Å². The topological polar surface area (TPSA) is 80.8 Å². The molecule has 2 amide bonds. The number of fused-ring (bicyclic) bond motifs is 5. The average molecular weight is 421 g/mol. The summed E-state index contributed by atoms with van der Waals surface area (Å²) in [5.74, 6) is -0.795. The lowest BCUT2D eigenvalue weighted by Gasteiger charge is -2.33. The smallest absolute Gasteiger partial charge is 0.309 e. The van der Waals surface area contributed by atoms with Crippen LogP contribution >= 0.6 is 0 Å². The van der Waals surface area contributed by atoms with E-state index >= 15 is 0 Å². The number of imide groups is 1. The van der Waals surface area contributed by atoms with Gasteiger partial charge in [-0.3, -0.25) is 24.1 Å². The lowest BCUT2D eigenvalue weighted by molar-refractivity contribution is -0.149. The van der Waals surface area contributed by atoms with Crippen molar-refractivity contribution >= 4 is 23.6 Å². The first-order chi connectivity index (χ1) is 14.9. The van der Waals surface area contributed by atoms with E-state index in [0.717, 1.165) is 12.0 Å². The first kappa shape index (κ1) is 20.2. The van der Waals surface area contributed by atoms with E-state index < -0.39 is 0 Å². The fourth-order valence-corrected chi connectivity index (χ4v) is 5.93. The van der Waals surface area contributed by atoms with Gasteiger partial charge in [-0.25, -0.2) is 0 Å². The van der Waals surface area contributed by atoms with Crippen molar-refractivity contribution in [3.05, 3.63) is 47.5 Å². The molecular formula is C25H27NO5. The second kappa shape index (κ2) is 7.74. The van der Waals surface area contributed by atoms with Crippen molar-refractivity contribution < 1.29 is 23.9 Å². The second-order valence-corrected chi connectivity index (χ2v) is 9.45. The van der Waals surface area contributed by atoms with Crippen LogP contribution in [0, 0.1) is 36.5 Å². The molecule has 0 N–H and O–H groups in total. The zero-order valence-electron chi connectivity index (χ0n) is 17.7. The zero-order valence-corrected chi connectivity index (χ0v) is 17.7. The standard InChI is InChI=1S/C25H27NO5/c1-14-2-4-15(5-3-14)20(27)13-31-25(30)16-8-10-19(11-9-16)26-23(28)21-17-6-7-18(12-17)22(21)24(26)29/h2-7,16-19,21-22H,8-13H2,1H3/t16?,17-,18-,19?,21-,22-/m0/s1. The molecule has 6 nitrogen and oxygen atoms in total. The van der Waals surface area contributed by atoms with Crippen LogP contribution in [0.4, 0.5) is 0 Å². The Bertz CT molecular complexity index is 927. The first-order valence-electron chi connectivity index (χ1n) is 11.3. The molecule has 162 valence electrons. The number of rotatable bonds is 5. The normalized spacial score (nSPS) is 33.6. The third-order valence-electron chi connectivity index (χ3n) is 7.62. The summed E-state index contributed by atoms with van der Waals surface area (Å²) in [7, 11) is 0. The predicted molar refractivity (Wildman–Crippen MR) is 112 cm³/mol. The quantitative estimate of drug-likeness (QED) is 0.316. The summed E-state index contributed by atoms with van der Waals surface area (Å²) in [6.45, 7) is 1.69. The zero-order chi connectivity index (χ0) is 21.7. The molecule has 1 saturated heterocycles. The highest BCUT2D eigenvalue weighted by atomic mass is 16.5. The van der Waals surface area contributed by atoms with Gasteiger partial charge in [0.15, 0.2) is 12.4 Å². The van der Waals surface area contributed by atoms with Gasteiger partial charge in [-0.2, -0.15) is 0 Å². The van der Waals surface area contributed by atoms with Gasteiger partial charge in [0.2, 0.25) is 11.8 Å². The van der Waals surface area contributed by atoms with Gasteiger partial charge in [-0.15, -0.1) is 0 Å². The fourth-order valence-electron chi connectivity index (χ4n) is 5.93. The van der Waals surface area contributed by atoms with Crippen LogP contribution in [0.2, 0.25) is 0 Å². The van der Waals surface area contributed by atoms with E-state index in [0.29, 0.717) is 31.2 Å². The number of amides is 2. The molecule has 6 heteroatoms. The number of carbonyl (C=O) groups excluding carboxylic acids is 4. The number of carbonyl (C=O) groups is 4. The summed E-state index contributed by atoms with van der Waals surface area (Å²) >= 11 is 0. The number of nitrogens with zero attached hydrogens (tertiary/aromatic N) is 1. The van der Waals surface area contributed by atoms with E-state index in [1.165, 1.54) is 4.90 Å². The Labute approximate surface area is 181 Å². The highest BCUT2D eigenvalue weighted by Crippen LogP contribution is 2.53. The minimum atomic E-state index is -0.364. The number of hydrogen-bond donors (Lipinski definition) is 0. The largest absolute Gasteiger partial charge is 0.457 e. The van der Waals surface area contributed by atoms with Gasteiger partial charge in [-0.1, -0.05) is 42.0 Å². The van der Waals surface area contributed by atoms with E-state index in [1.54, 1.807) is 12.1 Å². The molecule has 0 radical (unpaired) electrons. The number of ether oxygens (including phenoxy) is 1. The van der Waals surface area contributed by atoms with E-state index in [1.807, 2.05) is 19.1 Å². The Morgan fingerprint density at radius 1 is 0.935 bits per heavy atom. The maximum Gasteiger partial charge on any atom is 0.309 e. The van der Waals surface area contributed by atoms with Crippen molar-refractivity contribution in [2.24, 2.45) is 29.6 Å². The van der Waals surface area contributed by atoms with E-state index in [2.05, 4.69) is 12.2 Å². The molecule has 2 bridgehead atoms. The molecule has 3 aliphatic carbocycles. The monoisotopic (exact) mass is 421 g/mol. The summed E-state index contributed by atoms with van der Waals surface area (Å²) < 4.78 is 5.28. The lowest BCUT2D eigenvalue weighted by atomic mass is 9.85. The predicted octanol–water partition coefficient (Wildman–Crippen LogP) is 3.09. The van der Waals surface area contributed by atoms with Gasteiger partial charge in [0.1, 0.15) is 0 Å². The minimum Gasteiger partial charge on any atom is -0.457 e. The number of aryl methyl sites for hydroxylation is 1. The van der Waals surface area contributed by atoms with Gasteiger partial charge in [-0.05, 0) is 50.9 Å². The molecule has 5 rings (SSSR count). The van der Waals surface area contributed by atoms with Crippen LogP contribution in [0.1, 0.15) is 48.0 Å². The molecule has 0 spiro atoms. The minimum absolute atomic E-state index is 0.0124. The SMILES string of the molecule is Cc1ccc(C(=O)COC(=O)C2CCC(N3C(=O)[C@@H]4[C@@H](C3=O)[C@H]3C=C[C@H]4C3)CC2)cc1. The van der Waals surface area contributed by atoms with Crippen LogP contribution in [-0.4, -0.2) is 41.1 Å². The van der Waals surface area contributed by atoms with Crippen molar-refractivity contribution in [2.75, 3.05) is 6.61 Å². The molecule has 3 fully saturated rings. The van der Waals surface area contributed by atoms with Crippen LogP contribution in [0.5, 0.6) is 0 Å². The summed E-state index contributed by atoms with van der Waals surface area (Å²) in [6.07, 6.45) is 7.51. The highest BCUT2D eigenvalue weighted by molar-refractivity contribution is 6.06. The molecule has 0 unspecified atom stereocenters. The maximum atomic E-state index is 13.0.